The van der Waals surface area contributed by atoms with E-state index in [1.807, 2.05) is 12.1 Å². The fraction of sp³-hybridized carbons (Fsp3) is 0.278. The first-order chi connectivity index (χ1) is 11.2. The van der Waals surface area contributed by atoms with Gasteiger partial charge >= 0.3 is 0 Å². The van der Waals surface area contributed by atoms with E-state index in [-0.39, 0.29) is 6.04 Å². The van der Waals surface area contributed by atoms with Crippen LogP contribution in [0.25, 0.3) is 0 Å². The predicted octanol–water partition coefficient (Wildman–Crippen LogP) is 4.72. The zero-order valence-electron chi connectivity index (χ0n) is 12.8. The highest BCUT2D eigenvalue weighted by atomic mass is 35.5. The third-order valence-electron chi connectivity index (χ3n) is 4.52. The minimum absolute atomic E-state index is 0.103. The Labute approximate surface area is 146 Å². The molecule has 0 N–H and O–H groups in total. The van der Waals surface area contributed by atoms with E-state index in [1.165, 1.54) is 5.56 Å². The highest BCUT2D eigenvalue weighted by Gasteiger charge is 2.38. The summed E-state index contributed by atoms with van der Waals surface area (Å²) in [6.07, 6.45) is 0. The number of likely N-dealkylation sites (N-methyl/N-ethyl adjacent to an activating group) is 1. The average Bonchev–Trinajstić information content (AvgIpc) is 2.96. The van der Waals surface area contributed by atoms with E-state index in [9.17, 15) is 0 Å². The molecule has 0 saturated carbocycles. The molecule has 1 unspecified atom stereocenters. The van der Waals surface area contributed by atoms with Gasteiger partial charge in [0.25, 0.3) is 0 Å². The summed E-state index contributed by atoms with van der Waals surface area (Å²) >= 11 is 12.7. The van der Waals surface area contributed by atoms with Crippen molar-refractivity contribution in [3.8, 4) is 0 Å². The molecule has 2 heterocycles. The molecule has 1 saturated heterocycles. The molecule has 118 valence electrons. The van der Waals surface area contributed by atoms with Crippen molar-refractivity contribution < 1.29 is 0 Å². The molecule has 4 rings (SSSR count). The van der Waals surface area contributed by atoms with Crippen molar-refractivity contribution in [2.24, 2.45) is 4.99 Å². The first-order valence-corrected chi connectivity index (χ1v) is 8.59. The maximum Gasteiger partial charge on any atom is 0.202 e. The predicted molar refractivity (Wildman–Crippen MR) is 95.8 cm³/mol. The van der Waals surface area contributed by atoms with Crippen molar-refractivity contribution in [2.45, 2.75) is 13.0 Å². The molecule has 0 spiro atoms. The highest BCUT2D eigenvalue weighted by Crippen LogP contribution is 2.45. The minimum Gasteiger partial charge on any atom is -0.341 e. The van der Waals surface area contributed by atoms with Crippen LogP contribution in [0.2, 0.25) is 10.0 Å². The molecule has 2 aliphatic rings. The number of hydrogen-bond acceptors (Lipinski definition) is 3. The normalized spacial score (nSPS) is 19.4. The molecule has 0 aromatic heterocycles. The Bertz CT molecular complexity index is 773. The number of hydrogen-bond donors (Lipinski definition) is 0. The van der Waals surface area contributed by atoms with Gasteiger partial charge in [0.1, 0.15) is 0 Å². The van der Waals surface area contributed by atoms with Crippen molar-refractivity contribution in [3.05, 3.63) is 63.6 Å². The average molecular weight is 346 g/mol. The third-order valence-corrected chi connectivity index (χ3v) is 5.03. The summed E-state index contributed by atoms with van der Waals surface area (Å²) in [7, 11) is 0. The van der Waals surface area contributed by atoms with Gasteiger partial charge in [0, 0.05) is 30.2 Å². The Morgan fingerprint density at radius 1 is 1.13 bits per heavy atom. The summed E-state index contributed by atoms with van der Waals surface area (Å²) in [5, 5.41) is 1.27. The van der Waals surface area contributed by atoms with Crippen molar-refractivity contribution >= 4 is 34.8 Å². The zero-order chi connectivity index (χ0) is 16.0. The SMILES string of the molecule is CCN1CCN2C1=Nc1c(Cl)cc(Cl)cc1C2c1ccccc1. The van der Waals surface area contributed by atoms with Gasteiger partial charge in [0.2, 0.25) is 5.96 Å². The Balaban J connectivity index is 1.94. The maximum atomic E-state index is 6.45. The summed E-state index contributed by atoms with van der Waals surface area (Å²) in [4.78, 5) is 9.50. The van der Waals surface area contributed by atoms with Crippen LogP contribution < -0.4 is 0 Å². The molecule has 3 nitrogen and oxygen atoms in total. The molecule has 2 aromatic carbocycles. The van der Waals surface area contributed by atoms with E-state index in [1.54, 1.807) is 6.07 Å². The molecular weight excluding hydrogens is 329 g/mol. The van der Waals surface area contributed by atoms with Gasteiger partial charge < -0.3 is 9.80 Å². The van der Waals surface area contributed by atoms with Crippen molar-refractivity contribution in [2.75, 3.05) is 19.6 Å². The second-order valence-corrected chi connectivity index (χ2v) is 6.67. The van der Waals surface area contributed by atoms with Gasteiger partial charge in [-0.15, -0.1) is 0 Å². The minimum atomic E-state index is 0.103. The molecule has 1 atom stereocenters. The Morgan fingerprint density at radius 2 is 1.91 bits per heavy atom. The molecule has 2 aromatic rings. The zero-order valence-corrected chi connectivity index (χ0v) is 14.3. The van der Waals surface area contributed by atoms with Crippen LogP contribution in [0, 0.1) is 0 Å². The van der Waals surface area contributed by atoms with E-state index in [0.717, 1.165) is 36.8 Å². The van der Waals surface area contributed by atoms with Gasteiger partial charge in [-0.2, -0.15) is 0 Å². The van der Waals surface area contributed by atoms with Gasteiger partial charge in [-0.25, -0.2) is 4.99 Å². The Kier molecular flexibility index (Phi) is 3.70. The number of halogens is 2. The smallest absolute Gasteiger partial charge is 0.202 e. The Morgan fingerprint density at radius 3 is 2.65 bits per heavy atom. The molecular formula is C18H17Cl2N3. The van der Waals surface area contributed by atoms with E-state index < -0.39 is 0 Å². The van der Waals surface area contributed by atoms with Crippen LogP contribution in [0.4, 0.5) is 5.69 Å². The number of guanidine groups is 1. The lowest BCUT2D eigenvalue weighted by molar-refractivity contribution is 0.386. The molecule has 0 radical (unpaired) electrons. The van der Waals surface area contributed by atoms with Crippen LogP contribution in [0.1, 0.15) is 24.1 Å². The quantitative estimate of drug-likeness (QED) is 0.783. The van der Waals surface area contributed by atoms with E-state index in [0.29, 0.717) is 10.0 Å². The fourth-order valence-corrected chi connectivity index (χ4v) is 4.02. The van der Waals surface area contributed by atoms with Crippen LogP contribution in [0.15, 0.2) is 47.5 Å². The van der Waals surface area contributed by atoms with Gasteiger partial charge in [-0.1, -0.05) is 53.5 Å². The van der Waals surface area contributed by atoms with Crippen LogP contribution >= 0.6 is 23.2 Å². The molecule has 2 aliphatic heterocycles. The monoisotopic (exact) mass is 345 g/mol. The molecule has 5 heteroatoms. The van der Waals surface area contributed by atoms with Crippen LogP contribution in [-0.2, 0) is 0 Å². The van der Waals surface area contributed by atoms with E-state index in [2.05, 4.69) is 41.0 Å². The lowest BCUT2D eigenvalue weighted by Crippen LogP contribution is -2.38. The van der Waals surface area contributed by atoms with E-state index in [4.69, 9.17) is 28.2 Å². The van der Waals surface area contributed by atoms with Crippen molar-refractivity contribution in [1.29, 1.82) is 0 Å². The first kappa shape index (κ1) is 14.9. The molecule has 23 heavy (non-hydrogen) atoms. The second-order valence-electron chi connectivity index (χ2n) is 5.82. The lowest BCUT2D eigenvalue weighted by Gasteiger charge is -2.36. The van der Waals surface area contributed by atoms with Gasteiger partial charge in [0.15, 0.2) is 0 Å². The van der Waals surface area contributed by atoms with Crippen molar-refractivity contribution in [3.63, 3.8) is 0 Å². The summed E-state index contributed by atoms with van der Waals surface area (Å²) in [6, 6.07) is 14.4. The second kappa shape index (κ2) is 5.73. The topological polar surface area (TPSA) is 18.8 Å². The first-order valence-electron chi connectivity index (χ1n) is 7.83. The summed E-state index contributed by atoms with van der Waals surface area (Å²) in [6.45, 7) is 5.04. The highest BCUT2D eigenvalue weighted by molar-refractivity contribution is 6.36. The summed E-state index contributed by atoms with van der Waals surface area (Å²) in [5.41, 5.74) is 3.16. The fourth-order valence-electron chi connectivity index (χ4n) is 3.46. The number of rotatable bonds is 2. The molecule has 0 aliphatic carbocycles. The summed E-state index contributed by atoms with van der Waals surface area (Å²) in [5.74, 6) is 1.01. The standard InChI is InChI=1S/C18H17Cl2N3/c1-2-22-8-9-23-17(12-6-4-3-5-7-12)14-10-13(19)11-15(20)16(14)21-18(22)23/h3-7,10-11,17H,2,8-9H2,1H3. The van der Waals surface area contributed by atoms with Gasteiger partial charge in [-0.3, -0.25) is 0 Å². The largest absolute Gasteiger partial charge is 0.341 e. The van der Waals surface area contributed by atoms with Crippen LogP contribution in [0.5, 0.6) is 0 Å². The van der Waals surface area contributed by atoms with Gasteiger partial charge in [0.05, 0.1) is 16.8 Å². The molecule has 1 fully saturated rings. The van der Waals surface area contributed by atoms with Crippen LogP contribution in [-0.4, -0.2) is 35.4 Å². The van der Waals surface area contributed by atoms with Crippen LogP contribution in [0.3, 0.4) is 0 Å². The number of fused-ring (bicyclic) bond motifs is 2. The Hall–Kier alpha value is -1.71. The molecule has 0 bridgehead atoms. The summed E-state index contributed by atoms with van der Waals surface area (Å²) < 4.78 is 0. The third kappa shape index (κ3) is 2.39. The number of nitrogens with zero attached hydrogens (tertiary/aromatic N) is 3. The number of benzene rings is 2. The van der Waals surface area contributed by atoms with E-state index >= 15 is 0 Å². The lowest BCUT2D eigenvalue weighted by atomic mass is 9.94. The maximum absolute atomic E-state index is 6.45. The van der Waals surface area contributed by atoms with Crippen molar-refractivity contribution in [1.82, 2.24) is 9.80 Å². The molecule has 0 amide bonds. The number of aliphatic imine (C=N–C) groups is 1. The van der Waals surface area contributed by atoms with Gasteiger partial charge in [-0.05, 0) is 24.6 Å².